The van der Waals surface area contributed by atoms with E-state index in [2.05, 4.69) is 38.7 Å². The molecule has 136 valence electrons. The van der Waals surface area contributed by atoms with Gasteiger partial charge in [-0.15, -0.1) is 0 Å². The molecule has 7 nitrogen and oxygen atoms in total. The molecule has 1 unspecified atom stereocenters. The quantitative estimate of drug-likeness (QED) is 0.559. The number of aryl methyl sites for hydroxylation is 3. The minimum atomic E-state index is 0.284. The standard InChI is InChI=1S/C19H24N6O/c1-12-15-6-4-5-7-16(15)26-17(12)10-21-19(20-3)23-14-8-9-18-22-13(2)24-25(18)11-14/h4-7,14H,8-11H2,1-3H3,(H2,20,21,23). The molecule has 1 aliphatic rings. The van der Waals surface area contributed by atoms with Gasteiger partial charge >= 0.3 is 0 Å². The summed E-state index contributed by atoms with van der Waals surface area (Å²) in [4.78, 5) is 8.81. The maximum atomic E-state index is 5.97. The largest absolute Gasteiger partial charge is 0.459 e. The Balaban J connectivity index is 1.40. The van der Waals surface area contributed by atoms with E-state index in [1.807, 2.05) is 29.8 Å². The number of para-hydroxylation sites is 1. The predicted octanol–water partition coefficient (Wildman–Crippen LogP) is 2.32. The van der Waals surface area contributed by atoms with Gasteiger partial charge in [0.25, 0.3) is 0 Å². The van der Waals surface area contributed by atoms with Crippen LogP contribution >= 0.6 is 0 Å². The van der Waals surface area contributed by atoms with Gasteiger partial charge in [0.1, 0.15) is 23.0 Å². The molecule has 3 heterocycles. The fourth-order valence-corrected chi connectivity index (χ4v) is 3.50. The Hall–Kier alpha value is -2.83. The molecule has 0 amide bonds. The van der Waals surface area contributed by atoms with Crippen molar-refractivity contribution < 1.29 is 4.42 Å². The van der Waals surface area contributed by atoms with E-state index < -0.39 is 0 Å². The Morgan fingerprint density at radius 3 is 3.00 bits per heavy atom. The number of aromatic nitrogens is 3. The molecule has 2 N–H and O–H groups in total. The average molecular weight is 352 g/mol. The van der Waals surface area contributed by atoms with Crippen LogP contribution in [0.5, 0.6) is 0 Å². The molecule has 3 aromatic rings. The maximum Gasteiger partial charge on any atom is 0.191 e. The first-order valence-electron chi connectivity index (χ1n) is 8.98. The Morgan fingerprint density at radius 2 is 2.19 bits per heavy atom. The first-order chi connectivity index (χ1) is 12.6. The second-order valence-corrected chi connectivity index (χ2v) is 6.71. The number of hydrogen-bond donors (Lipinski definition) is 2. The van der Waals surface area contributed by atoms with Crippen molar-refractivity contribution in [1.29, 1.82) is 0 Å². The third-order valence-electron chi connectivity index (χ3n) is 4.89. The SMILES string of the molecule is CN=C(NCc1oc2ccccc2c1C)NC1CCc2nc(C)nn2C1. The molecular weight excluding hydrogens is 328 g/mol. The number of fused-ring (bicyclic) bond motifs is 2. The summed E-state index contributed by atoms with van der Waals surface area (Å²) in [6.45, 7) is 5.43. The highest BCUT2D eigenvalue weighted by Gasteiger charge is 2.21. The molecule has 0 radical (unpaired) electrons. The molecule has 0 saturated carbocycles. The minimum Gasteiger partial charge on any atom is -0.459 e. The molecular formula is C19H24N6O. The first kappa shape index (κ1) is 16.6. The third-order valence-corrected chi connectivity index (χ3v) is 4.89. The number of nitrogens with zero attached hydrogens (tertiary/aromatic N) is 4. The number of nitrogens with one attached hydrogen (secondary N) is 2. The normalized spacial score (nSPS) is 17.3. The van der Waals surface area contributed by atoms with Crippen LogP contribution in [0.2, 0.25) is 0 Å². The highest BCUT2D eigenvalue weighted by molar-refractivity contribution is 5.83. The number of hydrogen-bond acceptors (Lipinski definition) is 4. The van der Waals surface area contributed by atoms with Crippen LogP contribution in [0.1, 0.15) is 29.4 Å². The zero-order valence-electron chi connectivity index (χ0n) is 15.4. The molecule has 4 rings (SSSR count). The van der Waals surface area contributed by atoms with E-state index in [-0.39, 0.29) is 6.04 Å². The highest BCUT2D eigenvalue weighted by atomic mass is 16.3. The summed E-state index contributed by atoms with van der Waals surface area (Å²) in [7, 11) is 1.79. The summed E-state index contributed by atoms with van der Waals surface area (Å²) in [5.74, 6) is 3.62. The molecule has 0 spiro atoms. The Bertz CT molecular complexity index is 954. The van der Waals surface area contributed by atoms with Gasteiger partial charge in [0.05, 0.1) is 13.1 Å². The van der Waals surface area contributed by atoms with Crippen LogP contribution in [0, 0.1) is 13.8 Å². The topological polar surface area (TPSA) is 80.3 Å². The molecule has 0 fully saturated rings. The van der Waals surface area contributed by atoms with Gasteiger partial charge in [0.15, 0.2) is 5.96 Å². The van der Waals surface area contributed by atoms with E-state index in [9.17, 15) is 0 Å². The molecule has 1 aliphatic heterocycles. The number of benzene rings is 1. The van der Waals surface area contributed by atoms with Crippen LogP contribution < -0.4 is 10.6 Å². The third kappa shape index (κ3) is 3.16. The van der Waals surface area contributed by atoms with Gasteiger partial charge in [0.2, 0.25) is 0 Å². The average Bonchev–Trinajstić information content (AvgIpc) is 3.17. The van der Waals surface area contributed by atoms with Crippen LogP contribution in [0.15, 0.2) is 33.7 Å². The molecule has 0 bridgehead atoms. The lowest BCUT2D eigenvalue weighted by Gasteiger charge is -2.25. The monoisotopic (exact) mass is 352 g/mol. The summed E-state index contributed by atoms with van der Waals surface area (Å²) in [5.41, 5.74) is 2.09. The van der Waals surface area contributed by atoms with Crippen molar-refractivity contribution in [1.82, 2.24) is 25.4 Å². The van der Waals surface area contributed by atoms with Crippen LogP contribution in [0.4, 0.5) is 0 Å². The van der Waals surface area contributed by atoms with Gasteiger partial charge in [-0.3, -0.25) is 4.99 Å². The van der Waals surface area contributed by atoms with Gasteiger partial charge in [-0.25, -0.2) is 9.67 Å². The van der Waals surface area contributed by atoms with Crippen molar-refractivity contribution in [2.45, 2.75) is 45.8 Å². The van der Waals surface area contributed by atoms with Crippen LogP contribution in [-0.4, -0.2) is 33.8 Å². The summed E-state index contributed by atoms with van der Waals surface area (Å²) >= 11 is 0. The van der Waals surface area contributed by atoms with E-state index in [1.54, 1.807) is 7.05 Å². The van der Waals surface area contributed by atoms with Gasteiger partial charge < -0.3 is 15.1 Å². The molecule has 26 heavy (non-hydrogen) atoms. The van der Waals surface area contributed by atoms with Gasteiger partial charge in [-0.1, -0.05) is 18.2 Å². The fourth-order valence-electron chi connectivity index (χ4n) is 3.50. The number of aliphatic imine (C=N–C) groups is 1. The van der Waals surface area contributed by atoms with Crippen molar-refractivity contribution in [2.75, 3.05) is 7.05 Å². The fraction of sp³-hybridized carbons (Fsp3) is 0.421. The molecule has 0 saturated heterocycles. The van der Waals surface area contributed by atoms with E-state index in [0.29, 0.717) is 6.54 Å². The van der Waals surface area contributed by atoms with Crippen molar-refractivity contribution >= 4 is 16.9 Å². The summed E-state index contributed by atoms with van der Waals surface area (Å²) in [6.07, 6.45) is 1.95. The molecule has 1 atom stereocenters. The summed E-state index contributed by atoms with van der Waals surface area (Å²) in [6, 6.07) is 8.40. The van der Waals surface area contributed by atoms with E-state index in [4.69, 9.17) is 4.42 Å². The summed E-state index contributed by atoms with van der Waals surface area (Å²) in [5, 5.41) is 12.5. The molecule has 7 heteroatoms. The molecule has 2 aromatic heterocycles. The number of furan rings is 1. The van der Waals surface area contributed by atoms with Crippen molar-refractivity contribution in [3.63, 3.8) is 0 Å². The lowest BCUT2D eigenvalue weighted by molar-refractivity contribution is 0.391. The number of rotatable bonds is 3. The Morgan fingerprint density at radius 1 is 1.35 bits per heavy atom. The van der Waals surface area contributed by atoms with Gasteiger partial charge in [-0.2, -0.15) is 5.10 Å². The first-order valence-corrected chi connectivity index (χ1v) is 8.98. The Kier molecular flexibility index (Phi) is 4.36. The second-order valence-electron chi connectivity index (χ2n) is 6.71. The van der Waals surface area contributed by atoms with Crippen molar-refractivity contribution in [2.24, 2.45) is 4.99 Å². The maximum absolute atomic E-state index is 5.97. The lowest BCUT2D eigenvalue weighted by atomic mass is 10.1. The van der Waals surface area contributed by atoms with E-state index in [1.165, 1.54) is 5.56 Å². The molecule has 1 aromatic carbocycles. The van der Waals surface area contributed by atoms with Gasteiger partial charge in [-0.05, 0) is 26.3 Å². The number of guanidine groups is 1. The summed E-state index contributed by atoms with van der Waals surface area (Å²) < 4.78 is 7.96. The lowest BCUT2D eigenvalue weighted by Crippen LogP contribution is -2.46. The highest BCUT2D eigenvalue weighted by Crippen LogP contribution is 2.24. The predicted molar refractivity (Wildman–Crippen MR) is 101 cm³/mol. The minimum absolute atomic E-state index is 0.284. The van der Waals surface area contributed by atoms with Crippen molar-refractivity contribution in [3.05, 3.63) is 47.2 Å². The van der Waals surface area contributed by atoms with Crippen molar-refractivity contribution in [3.8, 4) is 0 Å². The van der Waals surface area contributed by atoms with E-state index >= 15 is 0 Å². The van der Waals surface area contributed by atoms with Crippen LogP contribution in [-0.2, 0) is 19.5 Å². The smallest absolute Gasteiger partial charge is 0.191 e. The van der Waals surface area contributed by atoms with E-state index in [0.717, 1.165) is 53.7 Å². The second kappa shape index (κ2) is 6.82. The Labute approximate surface area is 152 Å². The zero-order chi connectivity index (χ0) is 18.1. The van der Waals surface area contributed by atoms with Crippen LogP contribution in [0.3, 0.4) is 0 Å². The zero-order valence-corrected chi connectivity index (χ0v) is 15.4. The van der Waals surface area contributed by atoms with Crippen LogP contribution in [0.25, 0.3) is 11.0 Å². The molecule has 0 aliphatic carbocycles. The van der Waals surface area contributed by atoms with Gasteiger partial charge in [0, 0.05) is 30.5 Å².